The van der Waals surface area contributed by atoms with Gasteiger partial charge >= 0.3 is 0 Å². The molecule has 76 valence electrons. The lowest BCUT2D eigenvalue weighted by Crippen LogP contribution is -2.06. The molecule has 0 radical (unpaired) electrons. The molecule has 0 aliphatic heterocycles. The Bertz CT molecular complexity index is 512. The lowest BCUT2D eigenvalue weighted by molar-refractivity contribution is 0.684. The first kappa shape index (κ1) is 8.90. The molecule has 1 heterocycles. The van der Waals surface area contributed by atoms with Crippen molar-refractivity contribution < 1.29 is 0 Å². The van der Waals surface area contributed by atoms with E-state index in [9.17, 15) is 0 Å². The van der Waals surface area contributed by atoms with Gasteiger partial charge in [0.15, 0.2) is 0 Å². The highest BCUT2D eigenvalue weighted by molar-refractivity contribution is 5.85. The minimum Gasteiger partial charge on any atom is -0.260 e. The van der Waals surface area contributed by atoms with Crippen LogP contribution in [0.15, 0.2) is 36.5 Å². The normalized spacial score (nSPS) is 29.3. The third-order valence-electron chi connectivity index (χ3n) is 3.87. The van der Waals surface area contributed by atoms with Gasteiger partial charge in [-0.3, -0.25) is 4.98 Å². The van der Waals surface area contributed by atoms with Crippen molar-refractivity contribution in [2.45, 2.75) is 25.7 Å². The van der Waals surface area contributed by atoms with E-state index < -0.39 is 0 Å². The Hall–Kier alpha value is -1.37. The van der Waals surface area contributed by atoms with Crippen molar-refractivity contribution in [3.05, 3.63) is 42.2 Å². The molecule has 0 amide bonds. The summed E-state index contributed by atoms with van der Waals surface area (Å²) in [4.78, 5) is 4.59. The molecule has 1 fully saturated rings. The highest BCUT2D eigenvalue weighted by Crippen LogP contribution is 2.54. The van der Waals surface area contributed by atoms with Gasteiger partial charge in [0, 0.05) is 17.0 Å². The van der Waals surface area contributed by atoms with Crippen LogP contribution >= 0.6 is 0 Å². The van der Waals surface area contributed by atoms with E-state index in [0.29, 0.717) is 5.41 Å². The van der Waals surface area contributed by atoms with Crippen molar-refractivity contribution in [1.82, 2.24) is 4.98 Å². The third kappa shape index (κ3) is 1.19. The molecule has 1 aliphatic rings. The van der Waals surface area contributed by atoms with Gasteiger partial charge in [-0.15, -0.1) is 0 Å². The molecule has 0 saturated heterocycles. The maximum atomic E-state index is 4.59. The van der Waals surface area contributed by atoms with Crippen LogP contribution in [0.4, 0.5) is 0 Å². The van der Waals surface area contributed by atoms with Crippen LogP contribution in [-0.4, -0.2) is 4.98 Å². The summed E-state index contributed by atoms with van der Waals surface area (Å²) in [5.74, 6) is 0.774. The molecule has 0 N–H and O–H groups in total. The van der Waals surface area contributed by atoms with E-state index in [1.54, 1.807) is 0 Å². The maximum absolute atomic E-state index is 4.59. The highest BCUT2D eigenvalue weighted by atomic mass is 14.7. The van der Waals surface area contributed by atoms with Crippen molar-refractivity contribution in [2.24, 2.45) is 5.92 Å². The molecule has 2 aromatic rings. The van der Waals surface area contributed by atoms with Gasteiger partial charge in [0.25, 0.3) is 0 Å². The maximum Gasteiger partial charge on any atom is 0.0543 e. The predicted molar refractivity (Wildman–Crippen MR) is 62.9 cm³/mol. The Balaban J connectivity index is 2.27. The predicted octanol–water partition coefficient (Wildman–Crippen LogP) is 3.53. The number of fused-ring (bicyclic) bond motifs is 1. The van der Waals surface area contributed by atoms with Crippen LogP contribution in [0, 0.1) is 5.92 Å². The lowest BCUT2D eigenvalue weighted by atomic mass is 9.96. The van der Waals surface area contributed by atoms with E-state index in [0.717, 1.165) is 5.92 Å². The van der Waals surface area contributed by atoms with E-state index in [2.05, 4.69) is 49.2 Å². The summed E-state index contributed by atoms with van der Waals surface area (Å²) in [5, 5.41) is 2.63. The van der Waals surface area contributed by atoms with Gasteiger partial charge in [-0.1, -0.05) is 38.1 Å². The summed E-state index contributed by atoms with van der Waals surface area (Å²) in [6.45, 7) is 4.63. The topological polar surface area (TPSA) is 12.9 Å². The Morgan fingerprint density at radius 1 is 1.27 bits per heavy atom. The molecular weight excluding hydrogens is 182 g/mol. The molecule has 1 aliphatic carbocycles. The Labute approximate surface area is 90.2 Å². The second-order valence-electron chi connectivity index (χ2n) is 4.90. The van der Waals surface area contributed by atoms with Gasteiger partial charge in [0.2, 0.25) is 0 Å². The number of nitrogens with zero attached hydrogens (tertiary/aromatic N) is 1. The molecule has 1 heteroatoms. The van der Waals surface area contributed by atoms with Gasteiger partial charge in [-0.2, -0.15) is 0 Å². The van der Waals surface area contributed by atoms with Gasteiger partial charge in [0.05, 0.1) is 5.69 Å². The molecule has 1 aromatic carbocycles. The summed E-state index contributed by atoms with van der Waals surface area (Å²) in [5.41, 5.74) is 1.61. The van der Waals surface area contributed by atoms with Crippen molar-refractivity contribution in [1.29, 1.82) is 0 Å². The zero-order valence-electron chi connectivity index (χ0n) is 9.20. The van der Waals surface area contributed by atoms with Crippen LogP contribution in [0.3, 0.4) is 0 Å². The summed E-state index contributed by atoms with van der Waals surface area (Å²) in [7, 11) is 0. The third-order valence-corrected chi connectivity index (χ3v) is 3.87. The highest BCUT2D eigenvalue weighted by Gasteiger charge is 2.49. The standard InChI is InChI=1S/C14H15N/c1-10-9-14(10,2)13-12-6-4-3-5-11(12)7-8-15-13/h3-8,10H,9H2,1-2H3. The van der Waals surface area contributed by atoms with Crippen LogP contribution in [0.5, 0.6) is 0 Å². The fourth-order valence-corrected chi connectivity index (χ4v) is 2.48. The summed E-state index contributed by atoms with van der Waals surface area (Å²) in [6.07, 6.45) is 3.21. The van der Waals surface area contributed by atoms with Crippen molar-refractivity contribution in [2.75, 3.05) is 0 Å². The average molecular weight is 197 g/mol. The van der Waals surface area contributed by atoms with Gasteiger partial charge < -0.3 is 0 Å². The lowest BCUT2D eigenvalue weighted by Gasteiger charge is -2.12. The smallest absolute Gasteiger partial charge is 0.0543 e. The quantitative estimate of drug-likeness (QED) is 0.681. The van der Waals surface area contributed by atoms with Gasteiger partial charge in [0.1, 0.15) is 0 Å². The number of hydrogen-bond acceptors (Lipinski definition) is 1. The summed E-state index contributed by atoms with van der Waals surface area (Å²) >= 11 is 0. The zero-order chi connectivity index (χ0) is 10.5. The number of rotatable bonds is 1. The molecular formula is C14H15N. The van der Waals surface area contributed by atoms with Crippen molar-refractivity contribution in [3.8, 4) is 0 Å². The van der Waals surface area contributed by atoms with E-state index in [1.807, 2.05) is 6.20 Å². The van der Waals surface area contributed by atoms with E-state index in [1.165, 1.54) is 22.9 Å². The largest absolute Gasteiger partial charge is 0.260 e. The average Bonchev–Trinajstić information content (AvgIpc) is 2.87. The van der Waals surface area contributed by atoms with Crippen LogP contribution in [-0.2, 0) is 5.41 Å². The molecule has 2 atom stereocenters. The second-order valence-corrected chi connectivity index (χ2v) is 4.90. The first-order chi connectivity index (χ1) is 7.22. The first-order valence-electron chi connectivity index (χ1n) is 5.56. The number of pyridine rings is 1. The molecule has 3 rings (SSSR count). The zero-order valence-corrected chi connectivity index (χ0v) is 9.20. The first-order valence-corrected chi connectivity index (χ1v) is 5.56. The van der Waals surface area contributed by atoms with Gasteiger partial charge in [-0.25, -0.2) is 0 Å². The Morgan fingerprint density at radius 3 is 2.73 bits per heavy atom. The minimum absolute atomic E-state index is 0.320. The second kappa shape index (κ2) is 2.82. The number of hydrogen-bond donors (Lipinski definition) is 0. The van der Waals surface area contributed by atoms with E-state index in [4.69, 9.17) is 0 Å². The fraction of sp³-hybridized carbons (Fsp3) is 0.357. The summed E-state index contributed by atoms with van der Waals surface area (Å²) < 4.78 is 0. The fourth-order valence-electron chi connectivity index (χ4n) is 2.48. The number of aromatic nitrogens is 1. The van der Waals surface area contributed by atoms with Gasteiger partial charge in [-0.05, 0) is 23.8 Å². The molecule has 2 unspecified atom stereocenters. The van der Waals surface area contributed by atoms with E-state index >= 15 is 0 Å². The van der Waals surface area contributed by atoms with Crippen molar-refractivity contribution in [3.63, 3.8) is 0 Å². The number of benzene rings is 1. The minimum atomic E-state index is 0.320. The Morgan fingerprint density at radius 2 is 2.00 bits per heavy atom. The van der Waals surface area contributed by atoms with Crippen molar-refractivity contribution >= 4 is 10.8 Å². The summed E-state index contributed by atoms with van der Waals surface area (Å²) in [6, 6.07) is 10.6. The van der Waals surface area contributed by atoms with Crippen LogP contribution in [0.1, 0.15) is 26.0 Å². The monoisotopic (exact) mass is 197 g/mol. The van der Waals surface area contributed by atoms with Crippen LogP contribution < -0.4 is 0 Å². The van der Waals surface area contributed by atoms with Crippen LogP contribution in [0.2, 0.25) is 0 Å². The molecule has 0 bridgehead atoms. The molecule has 15 heavy (non-hydrogen) atoms. The molecule has 1 nitrogen and oxygen atoms in total. The Kier molecular flexibility index (Phi) is 1.67. The SMILES string of the molecule is CC1CC1(C)c1nccc2ccccc12. The van der Waals surface area contributed by atoms with Crippen LogP contribution in [0.25, 0.3) is 10.8 Å². The molecule has 1 aromatic heterocycles. The molecule has 0 spiro atoms. The van der Waals surface area contributed by atoms with E-state index in [-0.39, 0.29) is 0 Å². The molecule has 1 saturated carbocycles.